The van der Waals surface area contributed by atoms with Crippen LogP contribution in [0.5, 0.6) is 0 Å². The Kier molecular flexibility index (Phi) is 5.37. The number of imidazole rings is 1. The molecule has 5 rings (SSSR count). The van der Waals surface area contributed by atoms with E-state index in [0.29, 0.717) is 6.42 Å². The van der Waals surface area contributed by atoms with Crippen molar-refractivity contribution in [2.45, 2.75) is 18.9 Å². The molecule has 7 nitrogen and oxygen atoms in total. The van der Waals surface area contributed by atoms with Crippen molar-refractivity contribution < 1.29 is 14.3 Å². The summed E-state index contributed by atoms with van der Waals surface area (Å²) in [5.74, 6) is 0.754. The number of fused-ring (bicyclic) bond motifs is 1. The first-order valence-corrected chi connectivity index (χ1v) is 10.7. The molecule has 1 aliphatic heterocycles. The number of hydrogen-bond acceptors (Lipinski definition) is 7. The number of anilines is 1. The van der Waals surface area contributed by atoms with Crippen LogP contribution in [0.2, 0.25) is 0 Å². The molecular formula is C23H20N4O3S. The van der Waals surface area contributed by atoms with E-state index in [1.54, 1.807) is 10.8 Å². The molecule has 0 saturated heterocycles. The van der Waals surface area contributed by atoms with E-state index in [0.717, 1.165) is 45.4 Å². The highest BCUT2D eigenvalue weighted by Crippen LogP contribution is 2.27. The first-order chi connectivity index (χ1) is 15.3. The SMILES string of the molecule is O=CCc1cccc(-c2cn3nc(NC(Cc4ccccc4)C4=COCO4)sc3n2)c1. The van der Waals surface area contributed by atoms with Crippen molar-refractivity contribution in [3.8, 4) is 11.3 Å². The minimum absolute atomic E-state index is 0.0970. The Morgan fingerprint density at radius 2 is 2.03 bits per heavy atom. The average molecular weight is 433 g/mol. The van der Waals surface area contributed by atoms with E-state index in [1.165, 1.54) is 16.9 Å². The average Bonchev–Trinajstić information content (AvgIpc) is 3.51. The molecule has 0 bridgehead atoms. The molecule has 2 aromatic heterocycles. The molecule has 1 atom stereocenters. The second-order valence-electron chi connectivity index (χ2n) is 7.17. The number of nitrogens with zero attached hydrogens (tertiary/aromatic N) is 3. The van der Waals surface area contributed by atoms with Crippen molar-refractivity contribution in [3.05, 3.63) is 83.9 Å². The number of carbonyl (C=O) groups excluding carboxylic acids is 1. The van der Waals surface area contributed by atoms with E-state index in [-0.39, 0.29) is 12.8 Å². The van der Waals surface area contributed by atoms with Gasteiger partial charge < -0.3 is 19.6 Å². The lowest BCUT2D eigenvalue weighted by molar-refractivity contribution is -0.107. The Balaban J connectivity index is 1.37. The second-order valence-corrected chi connectivity index (χ2v) is 8.12. The quantitative estimate of drug-likeness (QED) is 0.423. The molecule has 31 heavy (non-hydrogen) atoms. The third-order valence-electron chi connectivity index (χ3n) is 5.00. The predicted molar refractivity (Wildman–Crippen MR) is 119 cm³/mol. The van der Waals surface area contributed by atoms with E-state index in [1.807, 2.05) is 48.7 Å². The number of ether oxygens (including phenoxy) is 2. The topological polar surface area (TPSA) is 77.8 Å². The molecule has 8 heteroatoms. The fourth-order valence-corrected chi connectivity index (χ4v) is 4.34. The number of aromatic nitrogens is 3. The highest BCUT2D eigenvalue weighted by atomic mass is 32.1. The van der Waals surface area contributed by atoms with Gasteiger partial charge in [0.1, 0.15) is 12.5 Å². The molecular weight excluding hydrogens is 412 g/mol. The number of hydrogen-bond donors (Lipinski definition) is 1. The molecule has 0 spiro atoms. The van der Waals surface area contributed by atoms with Gasteiger partial charge in [-0.05, 0) is 23.6 Å². The number of aldehydes is 1. The maximum absolute atomic E-state index is 10.8. The minimum Gasteiger partial charge on any atom is -0.462 e. The van der Waals surface area contributed by atoms with Crippen LogP contribution in [0.4, 0.5) is 5.13 Å². The van der Waals surface area contributed by atoms with Gasteiger partial charge in [-0.2, -0.15) is 0 Å². The molecule has 0 fully saturated rings. The van der Waals surface area contributed by atoms with E-state index in [2.05, 4.69) is 22.5 Å². The van der Waals surface area contributed by atoms with Crippen molar-refractivity contribution in [3.63, 3.8) is 0 Å². The van der Waals surface area contributed by atoms with E-state index in [4.69, 9.17) is 14.5 Å². The first-order valence-electron chi connectivity index (χ1n) is 9.92. The summed E-state index contributed by atoms with van der Waals surface area (Å²) in [4.78, 5) is 16.3. The Hall–Kier alpha value is -3.65. The monoisotopic (exact) mass is 432 g/mol. The molecule has 1 N–H and O–H groups in total. The molecule has 156 valence electrons. The molecule has 4 aromatic rings. The largest absolute Gasteiger partial charge is 0.462 e. The van der Waals surface area contributed by atoms with Crippen molar-refractivity contribution in [1.29, 1.82) is 0 Å². The maximum Gasteiger partial charge on any atom is 0.229 e. The van der Waals surface area contributed by atoms with E-state index in [9.17, 15) is 4.79 Å². The summed E-state index contributed by atoms with van der Waals surface area (Å²) in [5, 5.41) is 8.87. The van der Waals surface area contributed by atoms with Crippen LogP contribution in [0.25, 0.3) is 16.2 Å². The normalized spacial score (nSPS) is 14.0. The van der Waals surface area contributed by atoms with Crippen LogP contribution in [0.1, 0.15) is 11.1 Å². The minimum atomic E-state index is -0.0970. The summed E-state index contributed by atoms with van der Waals surface area (Å²) in [6, 6.07) is 18.0. The van der Waals surface area contributed by atoms with E-state index < -0.39 is 0 Å². The predicted octanol–water partition coefficient (Wildman–Crippen LogP) is 4.07. The third-order valence-corrected chi connectivity index (χ3v) is 5.86. The zero-order chi connectivity index (χ0) is 21.0. The van der Waals surface area contributed by atoms with Gasteiger partial charge in [0.15, 0.2) is 5.76 Å². The highest BCUT2D eigenvalue weighted by molar-refractivity contribution is 7.20. The molecule has 0 saturated carbocycles. The third kappa shape index (κ3) is 4.29. The zero-order valence-electron chi connectivity index (χ0n) is 16.6. The molecule has 2 aromatic carbocycles. The standard InChI is InChI=1S/C23H20N4O3S/c28-10-9-17-7-4-8-18(11-17)20-13-27-23(25-20)31-22(26-27)24-19(21-14-29-15-30-21)12-16-5-2-1-3-6-16/h1-8,10-11,13-14,19H,9,12,15H2,(H,24,26). The van der Waals surface area contributed by atoms with Crippen LogP contribution in [0.15, 0.2) is 72.8 Å². The second kappa shape index (κ2) is 8.61. The lowest BCUT2D eigenvalue weighted by Crippen LogP contribution is -2.25. The summed E-state index contributed by atoms with van der Waals surface area (Å²) in [7, 11) is 0. The van der Waals surface area contributed by atoms with Crippen molar-refractivity contribution in [2.24, 2.45) is 0 Å². The smallest absolute Gasteiger partial charge is 0.229 e. The summed E-state index contributed by atoms with van der Waals surface area (Å²) < 4.78 is 12.7. The zero-order valence-corrected chi connectivity index (χ0v) is 17.4. The van der Waals surface area contributed by atoms with Crippen molar-refractivity contribution >= 4 is 27.7 Å². The number of benzene rings is 2. The lowest BCUT2D eigenvalue weighted by Gasteiger charge is -2.17. The van der Waals surface area contributed by atoms with Gasteiger partial charge in [-0.1, -0.05) is 59.9 Å². The Labute approximate surface area is 183 Å². The molecule has 3 heterocycles. The fourth-order valence-electron chi connectivity index (χ4n) is 3.51. The first kappa shape index (κ1) is 19.3. The van der Waals surface area contributed by atoms with Crippen LogP contribution in [0, 0.1) is 0 Å². The van der Waals surface area contributed by atoms with Crippen molar-refractivity contribution in [1.82, 2.24) is 14.6 Å². The Morgan fingerprint density at radius 3 is 2.81 bits per heavy atom. The van der Waals surface area contributed by atoms with Gasteiger partial charge in [-0.15, -0.1) is 5.10 Å². The van der Waals surface area contributed by atoms with Gasteiger partial charge in [0.05, 0.1) is 17.9 Å². The highest BCUT2D eigenvalue weighted by Gasteiger charge is 2.22. The van der Waals surface area contributed by atoms with Crippen LogP contribution in [-0.2, 0) is 27.1 Å². The van der Waals surface area contributed by atoms with E-state index >= 15 is 0 Å². The van der Waals surface area contributed by atoms with Gasteiger partial charge in [0.2, 0.25) is 16.9 Å². The lowest BCUT2D eigenvalue weighted by atomic mass is 10.1. The summed E-state index contributed by atoms with van der Waals surface area (Å²) in [6.45, 7) is 0.232. The number of nitrogens with one attached hydrogen (secondary N) is 1. The maximum atomic E-state index is 10.8. The van der Waals surface area contributed by atoms with Gasteiger partial charge in [0.25, 0.3) is 0 Å². The summed E-state index contributed by atoms with van der Waals surface area (Å²) in [5.41, 5.74) is 3.95. The van der Waals surface area contributed by atoms with Crippen LogP contribution >= 0.6 is 11.3 Å². The number of rotatable bonds is 8. The van der Waals surface area contributed by atoms with Crippen molar-refractivity contribution in [2.75, 3.05) is 12.1 Å². The van der Waals surface area contributed by atoms with Gasteiger partial charge in [-0.3, -0.25) is 0 Å². The molecule has 0 aliphatic carbocycles. The molecule has 0 radical (unpaired) electrons. The molecule has 1 unspecified atom stereocenters. The Morgan fingerprint density at radius 1 is 1.16 bits per heavy atom. The Bertz CT molecular complexity index is 1200. The van der Waals surface area contributed by atoms with Gasteiger partial charge >= 0.3 is 0 Å². The molecule has 0 amide bonds. The van der Waals surface area contributed by atoms with Gasteiger partial charge in [-0.25, -0.2) is 9.50 Å². The summed E-state index contributed by atoms with van der Waals surface area (Å²) >= 11 is 1.47. The van der Waals surface area contributed by atoms with Crippen LogP contribution < -0.4 is 5.32 Å². The molecule has 1 aliphatic rings. The summed E-state index contributed by atoms with van der Waals surface area (Å²) in [6.07, 6.45) is 5.60. The van der Waals surface area contributed by atoms with Crippen LogP contribution in [0.3, 0.4) is 0 Å². The van der Waals surface area contributed by atoms with Gasteiger partial charge in [0, 0.05) is 12.0 Å². The number of carbonyl (C=O) groups is 1. The fraction of sp³-hybridized carbons (Fsp3) is 0.174. The van der Waals surface area contributed by atoms with Crippen LogP contribution in [-0.4, -0.2) is 33.7 Å².